The van der Waals surface area contributed by atoms with Crippen LogP contribution in [0.5, 0.6) is 5.75 Å². The van der Waals surface area contributed by atoms with E-state index in [2.05, 4.69) is 18.0 Å². The third-order valence-corrected chi connectivity index (χ3v) is 2.80. The van der Waals surface area contributed by atoms with Gasteiger partial charge in [0.1, 0.15) is 12.4 Å². The molecule has 1 heterocycles. The standard InChI is InChI=1S/C15H18N2O/c1-11-3-4-15(14(9-11)12(2)16)18-10-13-5-7-17-8-6-13/h3-9,12H,10,16H2,1-2H3. The van der Waals surface area contributed by atoms with Crippen molar-refractivity contribution in [2.24, 2.45) is 5.73 Å². The number of nitrogens with two attached hydrogens (primary N) is 1. The van der Waals surface area contributed by atoms with Gasteiger partial charge >= 0.3 is 0 Å². The van der Waals surface area contributed by atoms with Crippen LogP contribution in [0.3, 0.4) is 0 Å². The molecule has 0 aliphatic carbocycles. The Balaban J connectivity index is 2.14. The van der Waals surface area contributed by atoms with Gasteiger partial charge in [0.2, 0.25) is 0 Å². The number of rotatable bonds is 4. The number of hydrogen-bond acceptors (Lipinski definition) is 3. The van der Waals surface area contributed by atoms with Gasteiger partial charge in [0, 0.05) is 24.0 Å². The monoisotopic (exact) mass is 242 g/mol. The predicted octanol–water partition coefficient (Wildman–Crippen LogP) is 2.99. The minimum absolute atomic E-state index is 0.0302. The summed E-state index contributed by atoms with van der Waals surface area (Å²) in [5.74, 6) is 0.854. The molecule has 0 bridgehead atoms. The highest BCUT2D eigenvalue weighted by atomic mass is 16.5. The molecule has 3 nitrogen and oxygen atoms in total. The lowest BCUT2D eigenvalue weighted by Crippen LogP contribution is -2.08. The molecule has 18 heavy (non-hydrogen) atoms. The normalized spacial score (nSPS) is 12.2. The molecule has 1 aromatic heterocycles. The molecular weight excluding hydrogens is 224 g/mol. The maximum absolute atomic E-state index is 5.96. The molecule has 94 valence electrons. The average molecular weight is 242 g/mol. The summed E-state index contributed by atoms with van der Waals surface area (Å²) in [7, 11) is 0. The van der Waals surface area contributed by atoms with Gasteiger partial charge in [-0.15, -0.1) is 0 Å². The topological polar surface area (TPSA) is 48.1 Å². The summed E-state index contributed by atoms with van der Waals surface area (Å²) in [6.45, 7) is 4.55. The molecule has 2 N–H and O–H groups in total. The Bertz CT molecular complexity index is 509. The Labute approximate surface area is 108 Å². The van der Waals surface area contributed by atoms with E-state index in [9.17, 15) is 0 Å². The van der Waals surface area contributed by atoms with Crippen LogP contribution in [0.15, 0.2) is 42.7 Å². The van der Waals surface area contributed by atoms with Crippen LogP contribution in [0, 0.1) is 6.92 Å². The molecule has 0 fully saturated rings. The molecule has 0 saturated carbocycles. The molecule has 1 atom stereocenters. The van der Waals surface area contributed by atoms with Crippen molar-refractivity contribution in [3.63, 3.8) is 0 Å². The summed E-state index contributed by atoms with van der Waals surface area (Å²) in [5.41, 5.74) is 9.30. The van der Waals surface area contributed by atoms with Gasteiger partial charge < -0.3 is 10.5 Å². The molecule has 1 unspecified atom stereocenters. The van der Waals surface area contributed by atoms with Crippen molar-refractivity contribution >= 4 is 0 Å². The Hall–Kier alpha value is -1.87. The summed E-state index contributed by atoms with van der Waals surface area (Å²) in [6.07, 6.45) is 3.53. The lowest BCUT2D eigenvalue weighted by atomic mass is 10.1. The molecule has 3 heteroatoms. The number of aromatic nitrogens is 1. The zero-order valence-corrected chi connectivity index (χ0v) is 10.8. The second-order valence-electron chi connectivity index (χ2n) is 4.47. The van der Waals surface area contributed by atoms with E-state index in [4.69, 9.17) is 10.5 Å². The number of aryl methyl sites for hydroxylation is 1. The second-order valence-corrected chi connectivity index (χ2v) is 4.47. The highest BCUT2D eigenvalue weighted by Crippen LogP contribution is 2.25. The van der Waals surface area contributed by atoms with E-state index in [-0.39, 0.29) is 6.04 Å². The Morgan fingerprint density at radius 2 is 1.94 bits per heavy atom. The summed E-state index contributed by atoms with van der Waals surface area (Å²) < 4.78 is 5.83. The SMILES string of the molecule is Cc1ccc(OCc2ccncc2)c(C(C)N)c1. The first-order chi connectivity index (χ1) is 8.66. The fourth-order valence-electron chi connectivity index (χ4n) is 1.80. The summed E-state index contributed by atoms with van der Waals surface area (Å²) in [6, 6.07) is 9.95. The van der Waals surface area contributed by atoms with Crippen molar-refractivity contribution in [2.75, 3.05) is 0 Å². The van der Waals surface area contributed by atoms with E-state index in [1.54, 1.807) is 12.4 Å². The lowest BCUT2D eigenvalue weighted by molar-refractivity contribution is 0.301. The largest absolute Gasteiger partial charge is 0.489 e. The Morgan fingerprint density at radius 1 is 1.22 bits per heavy atom. The van der Waals surface area contributed by atoms with Crippen LogP contribution in [0.25, 0.3) is 0 Å². The van der Waals surface area contributed by atoms with E-state index >= 15 is 0 Å². The lowest BCUT2D eigenvalue weighted by Gasteiger charge is -2.14. The number of ether oxygens (including phenoxy) is 1. The molecule has 0 amide bonds. The maximum Gasteiger partial charge on any atom is 0.124 e. The van der Waals surface area contributed by atoms with E-state index < -0.39 is 0 Å². The number of hydrogen-bond donors (Lipinski definition) is 1. The van der Waals surface area contributed by atoms with Gasteiger partial charge in [0.25, 0.3) is 0 Å². The van der Waals surface area contributed by atoms with Gasteiger partial charge in [0.05, 0.1) is 0 Å². The summed E-state index contributed by atoms with van der Waals surface area (Å²) >= 11 is 0. The molecule has 2 rings (SSSR count). The van der Waals surface area contributed by atoms with Crippen LogP contribution in [0.2, 0.25) is 0 Å². The van der Waals surface area contributed by atoms with Crippen LogP contribution in [0.4, 0.5) is 0 Å². The molecule has 1 aromatic carbocycles. The van der Waals surface area contributed by atoms with E-state index in [0.717, 1.165) is 16.9 Å². The Morgan fingerprint density at radius 3 is 2.61 bits per heavy atom. The summed E-state index contributed by atoms with van der Waals surface area (Å²) in [5, 5.41) is 0. The zero-order chi connectivity index (χ0) is 13.0. The van der Waals surface area contributed by atoms with Gasteiger partial charge in [-0.05, 0) is 37.6 Å². The van der Waals surface area contributed by atoms with E-state index in [1.165, 1.54) is 5.56 Å². The van der Waals surface area contributed by atoms with E-state index in [1.807, 2.05) is 31.2 Å². The van der Waals surface area contributed by atoms with Crippen LogP contribution in [-0.4, -0.2) is 4.98 Å². The van der Waals surface area contributed by atoms with Gasteiger partial charge in [-0.25, -0.2) is 0 Å². The van der Waals surface area contributed by atoms with Crippen LogP contribution >= 0.6 is 0 Å². The van der Waals surface area contributed by atoms with Gasteiger partial charge in [0.15, 0.2) is 0 Å². The minimum atomic E-state index is -0.0302. The molecule has 2 aromatic rings. The van der Waals surface area contributed by atoms with Crippen molar-refractivity contribution in [2.45, 2.75) is 26.5 Å². The molecule has 0 saturated heterocycles. The van der Waals surface area contributed by atoms with Crippen molar-refractivity contribution in [3.8, 4) is 5.75 Å². The van der Waals surface area contributed by atoms with Crippen molar-refractivity contribution < 1.29 is 4.74 Å². The zero-order valence-electron chi connectivity index (χ0n) is 10.8. The number of nitrogens with zero attached hydrogens (tertiary/aromatic N) is 1. The fraction of sp³-hybridized carbons (Fsp3) is 0.267. The first-order valence-electron chi connectivity index (χ1n) is 6.04. The molecule has 0 radical (unpaired) electrons. The molecule has 0 spiro atoms. The number of pyridine rings is 1. The van der Waals surface area contributed by atoms with Crippen LogP contribution < -0.4 is 10.5 Å². The Kier molecular flexibility index (Phi) is 3.95. The van der Waals surface area contributed by atoms with Crippen molar-refractivity contribution in [1.82, 2.24) is 4.98 Å². The fourth-order valence-corrected chi connectivity index (χ4v) is 1.80. The molecule has 0 aliphatic heterocycles. The first-order valence-corrected chi connectivity index (χ1v) is 6.04. The minimum Gasteiger partial charge on any atom is -0.489 e. The van der Waals surface area contributed by atoms with E-state index in [0.29, 0.717) is 6.61 Å². The second kappa shape index (κ2) is 5.65. The maximum atomic E-state index is 5.96. The molecular formula is C15H18N2O. The third-order valence-electron chi connectivity index (χ3n) is 2.80. The summed E-state index contributed by atoms with van der Waals surface area (Å²) in [4.78, 5) is 3.98. The van der Waals surface area contributed by atoms with Gasteiger partial charge in [-0.3, -0.25) is 4.98 Å². The number of benzene rings is 1. The van der Waals surface area contributed by atoms with Crippen molar-refractivity contribution in [1.29, 1.82) is 0 Å². The average Bonchev–Trinajstić information content (AvgIpc) is 2.38. The quantitative estimate of drug-likeness (QED) is 0.896. The van der Waals surface area contributed by atoms with Gasteiger partial charge in [-0.2, -0.15) is 0 Å². The van der Waals surface area contributed by atoms with Crippen molar-refractivity contribution in [3.05, 3.63) is 59.4 Å². The van der Waals surface area contributed by atoms with Gasteiger partial charge in [-0.1, -0.05) is 17.7 Å². The smallest absolute Gasteiger partial charge is 0.124 e. The molecule has 0 aliphatic rings. The first kappa shape index (κ1) is 12.6. The predicted molar refractivity (Wildman–Crippen MR) is 72.4 cm³/mol. The van der Waals surface area contributed by atoms with Crippen LogP contribution in [-0.2, 0) is 6.61 Å². The third kappa shape index (κ3) is 3.08. The highest BCUT2D eigenvalue weighted by Gasteiger charge is 2.08. The highest BCUT2D eigenvalue weighted by molar-refractivity contribution is 5.38. The van der Waals surface area contributed by atoms with Crippen LogP contribution in [0.1, 0.15) is 29.7 Å².